The summed E-state index contributed by atoms with van der Waals surface area (Å²) < 4.78 is 38.2. The molecule has 0 aliphatic rings. The number of rotatable bonds is 2. The fraction of sp³-hybridized carbons (Fsp3) is 0.100. The van der Waals surface area contributed by atoms with Crippen LogP contribution in [0.25, 0.3) is 5.69 Å². The summed E-state index contributed by atoms with van der Waals surface area (Å²) in [4.78, 5) is 3.83. The smallest absolute Gasteiger partial charge is 0.382 e. The second-order valence-electron chi connectivity index (χ2n) is 3.49. The number of hydrogen-bond donors (Lipinski definition) is 2. The van der Waals surface area contributed by atoms with Gasteiger partial charge in [0.1, 0.15) is 11.5 Å². The molecule has 0 bridgehead atoms. The van der Waals surface area contributed by atoms with Crippen molar-refractivity contribution in [2.45, 2.75) is 6.18 Å². The third kappa shape index (κ3) is 2.31. The number of pyridine rings is 1. The number of nitrogens with one attached hydrogen (secondary N) is 1. The number of aromatic nitrogens is 3. The Morgan fingerprint density at radius 3 is 2.44 bits per heavy atom. The highest BCUT2D eigenvalue weighted by molar-refractivity contribution is 5.92. The maximum atomic E-state index is 12.4. The minimum absolute atomic E-state index is 0.210. The average Bonchev–Trinajstić information content (AvgIpc) is 2.78. The summed E-state index contributed by atoms with van der Waals surface area (Å²) in [5.74, 6) is -0.210. The number of alkyl halides is 3. The lowest BCUT2D eigenvalue weighted by Crippen LogP contribution is -2.13. The van der Waals surface area contributed by atoms with Gasteiger partial charge in [0, 0.05) is 6.20 Å². The quantitative estimate of drug-likeness (QED) is 0.631. The third-order valence-corrected chi connectivity index (χ3v) is 2.20. The number of halogens is 3. The van der Waals surface area contributed by atoms with Gasteiger partial charge in [0.15, 0.2) is 0 Å². The Kier molecular flexibility index (Phi) is 2.77. The van der Waals surface area contributed by atoms with Gasteiger partial charge < -0.3 is 5.73 Å². The monoisotopic (exact) mass is 255 g/mol. The van der Waals surface area contributed by atoms with Crippen molar-refractivity contribution < 1.29 is 13.2 Å². The average molecular weight is 255 g/mol. The normalized spacial score (nSPS) is 11.5. The molecule has 5 nitrogen and oxygen atoms in total. The van der Waals surface area contributed by atoms with Crippen molar-refractivity contribution in [2.75, 3.05) is 0 Å². The number of nitrogen functional groups attached to an aromatic ring is 1. The maximum Gasteiger partial charge on any atom is 0.419 e. The van der Waals surface area contributed by atoms with E-state index < -0.39 is 11.7 Å². The Morgan fingerprint density at radius 1 is 1.28 bits per heavy atom. The van der Waals surface area contributed by atoms with E-state index in [2.05, 4.69) is 10.1 Å². The van der Waals surface area contributed by atoms with Gasteiger partial charge in [0.25, 0.3) is 0 Å². The van der Waals surface area contributed by atoms with Crippen LogP contribution in [0.4, 0.5) is 13.2 Å². The SMILES string of the molecule is N=C(N)c1ccc(-n2cc(C(F)(F)F)cn2)cn1. The van der Waals surface area contributed by atoms with Crippen LogP contribution in [0.1, 0.15) is 11.3 Å². The van der Waals surface area contributed by atoms with Crippen LogP contribution in [0.5, 0.6) is 0 Å². The van der Waals surface area contributed by atoms with E-state index in [0.717, 1.165) is 17.1 Å². The molecule has 8 heteroatoms. The molecule has 0 aliphatic carbocycles. The van der Waals surface area contributed by atoms with E-state index >= 15 is 0 Å². The highest BCUT2D eigenvalue weighted by Crippen LogP contribution is 2.28. The molecule has 94 valence electrons. The zero-order valence-corrected chi connectivity index (χ0v) is 8.94. The fourth-order valence-corrected chi connectivity index (χ4v) is 1.29. The highest BCUT2D eigenvalue weighted by atomic mass is 19.4. The molecule has 0 spiro atoms. The molecule has 0 aliphatic heterocycles. The minimum atomic E-state index is -4.43. The molecule has 18 heavy (non-hydrogen) atoms. The first-order chi connectivity index (χ1) is 8.38. The summed E-state index contributed by atoms with van der Waals surface area (Å²) in [7, 11) is 0. The Bertz CT molecular complexity index is 570. The molecule has 0 amide bonds. The lowest BCUT2D eigenvalue weighted by Gasteiger charge is -2.03. The van der Waals surface area contributed by atoms with Crippen molar-refractivity contribution in [1.29, 1.82) is 5.41 Å². The van der Waals surface area contributed by atoms with Crippen molar-refractivity contribution >= 4 is 5.84 Å². The van der Waals surface area contributed by atoms with Gasteiger partial charge in [0.05, 0.1) is 23.6 Å². The molecule has 0 aromatic carbocycles. The molecule has 2 aromatic rings. The van der Waals surface area contributed by atoms with Crippen LogP contribution < -0.4 is 5.73 Å². The summed E-state index contributed by atoms with van der Waals surface area (Å²) in [6.45, 7) is 0. The maximum absolute atomic E-state index is 12.4. The van der Waals surface area contributed by atoms with E-state index in [1.807, 2.05) is 0 Å². The predicted octanol–water partition coefficient (Wildman–Crippen LogP) is 1.57. The van der Waals surface area contributed by atoms with Gasteiger partial charge in [-0.15, -0.1) is 0 Å². The summed E-state index contributed by atoms with van der Waals surface area (Å²) >= 11 is 0. The summed E-state index contributed by atoms with van der Waals surface area (Å²) in [5.41, 5.74) is 4.99. The van der Waals surface area contributed by atoms with Gasteiger partial charge >= 0.3 is 6.18 Å². The first-order valence-corrected chi connectivity index (χ1v) is 4.80. The van der Waals surface area contributed by atoms with Crippen molar-refractivity contribution in [3.63, 3.8) is 0 Å². The Labute approximate surface area is 99.6 Å². The molecule has 2 aromatic heterocycles. The van der Waals surface area contributed by atoms with E-state index in [9.17, 15) is 13.2 Å². The largest absolute Gasteiger partial charge is 0.419 e. The van der Waals surface area contributed by atoms with Gasteiger partial charge in [-0.3, -0.25) is 10.4 Å². The topological polar surface area (TPSA) is 80.6 Å². The molecule has 2 rings (SSSR count). The molecule has 0 atom stereocenters. The van der Waals surface area contributed by atoms with Crippen molar-refractivity contribution in [1.82, 2.24) is 14.8 Å². The lowest BCUT2D eigenvalue weighted by atomic mass is 10.3. The first-order valence-electron chi connectivity index (χ1n) is 4.80. The van der Waals surface area contributed by atoms with Crippen LogP contribution in [0, 0.1) is 5.41 Å². The molecule has 0 saturated carbocycles. The van der Waals surface area contributed by atoms with Crippen LogP contribution in [-0.4, -0.2) is 20.6 Å². The molecular formula is C10H8F3N5. The van der Waals surface area contributed by atoms with E-state index in [4.69, 9.17) is 11.1 Å². The number of nitrogens with two attached hydrogens (primary N) is 1. The van der Waals surface area contributed by atoms with Crippen LogP contribution in [0.3, 0.4) is 0 Å². The van der Waals surface area contributed by atoms with Crippen LogP contribution in [0.2, 0.25) is 0 Å². The van der Waals surface area contributed by atoms with Crippen LogP contribution in [0.15, 0.2) is 30.7 Å². The number of nitrogens with zero attached hydrogens (tertiary/aromatic N) is 3. The molecule has 0 unspecified atom stereocenters. The zero-order valence-electron chi connectivity index (χ0n) is 8.94. The predicted molar refractivity (Wildman–Crippen MR) is 57.4 cm³/mol. The van der Waals surface area contributed by atoms with Crippen LogP contribution >= 0.6 is 0 Å². The molecule has 2 heterocycles. The Morgan fingerprint density at radius 2 is 2.00 bits per heavy atom. The molecule has 0 radical (unpaired) electrons. The second-order valence-corrected chi connectivity index (χ2v) is 3.49. The molecule has 0 fully saturated rings. The number of hydrogen-bond acceptors (Lipinski definition) is 3. The van der Waals surface area contributed by atoms with Crippen LogP contribution in [-0.2, 0) is 6.18 Å². The van der Waals surface area contributed by atoms with E-state index in [-0.39, 0.29) is 11.5 Å². The van der Waals surface area contributed by atoms with Crippen molar-refractivity contribution in [3.8, 4) is 5.69 Å². The standard InChI is InChI=1S/C10H8F3N5/c11-10(12,13)6-3-17-18(5-6)7-1-2-8(9(14)15)16-4-7/h1-5H,(H3,14,15). The highest BCUT2D eigenvalue weighted by Gasteiger charge is 2.32. The number of amidine groups is 1. The third-order valence-electron chi connectivity index (χ3n) is 2.20. The summed E-state index contributed by atoms with van der Waals surface area (Å²) in [5, 5.41) is 10.7. The molecular weight excluding hydrogens is 247 g/mol. The van der Waals surface area contributed by atoms with Gasteiger partial charge in [-0.05, 0) is 12.1 Å². The second kappa shape index (κ2) is 4.13. The van der Waals surface area contributed by atoms with E-state index in [1.54, 1.807) is 0 Å². The first kappa shape index (κ1) is 12.1. The lowest BCUT2D eigenvalue weighted by molar-refractivity contribution is -0.137. The van der Waals surface area contributed by atoms with Gasteiger partial charge in [-0.2, -0.15) is 18.3 Å². The Balaban J connectivity index is 2.32. The fourth-order valence-electron chi connectivity index (χ4n) is 1.29. The molecule has 3 N–H and O–H groups in total. The van der Waals surface area contributed by atoms with Crippen molar-refractivity contribution in [2.24, 2.45) is 5.73 Å². The van der Waals surface area contributed by atoms with E-state index in [0.29, 0.717) is 5.69 Å². The summed E-state index contributed by atoms with van der Waals surface area (Å²) in [6.07, 6.45) is -1.53. The summed E-state index contributed by atoms with van der Waals surface area (Å²) in [6, 6.07) is 2.92. The van der Waals surface area contributed by atoms with Gasteiger partial charge in [-0.1, -0.05) is 0 Å². The van der Waals surface area contributed by atoms with Crippen molar-refractivity contribution in [3.05, 3.63) is 42.0 Å². The zero-order chi connectivity index (χ0) is 13.3. The molecule has 0 saturated heterocycles. The van der Waals surface area contributed by atoms with E-state index in [1.165, 1.54) is 18.3 Å². The minimum Gasteiger partial charge on any atom is -0.382 e. The Hall–Kier alpha value is -2.38. The van der Waals surface area contributed by atoms with Gasteiger partial charge in [-0.25, -0.2) is 4.68 Å². The van der Waals surface area contributed by atoms with Gasteiger partial charge in [0.2, 0.25) is 0 Å².